The first kappa shape index (κ1) is 15.5. The van der Waals surface area contributed by atoms with E-state index in [1.807, 2.05) is 12.1 Å². The monoisotopic (exact) mass is 322 g/mol. The van der Waals surface area contributed by atoms with Crippen molar-refractivity contribution in [2.45, 2.75) is 5.60 Å². The summed E-state index contributed by atoms with van der Waals surface area (Å²) in [7, 11) is 0. The molecule has 0 saturated carbocycles. The second kappa shape index (κ2) is 6.37. The van der Waals surface area contributed by atoms with E-state index in [-0.39, 0.29) is 0 Å². The Bertz CT molecular complexity index is 815. The molecule has 0 aromatic heterocycles. The Morgan fingerprint density at radius 2 is 1.30 bits per heavy atom. The van der Waals surface area contributed by atoms with E-state index in [2.05, 4.69) is 0 Å². The first-order chi connectivity index (χ1) is 11.1. The molecule has 3 aromatic carbocycles. The minimum Gasteiger partial charge on any atom is -0.373 e. The molecule has 23 heavy (non-hydrogen) atoms. The first-order valence-electron chi connectivity index (χ1n) is 7.27. The number of hydrogen-bond donors (Lipinski definition) is 1. The van der Waals surface area contributed by atoms with Crippen molar-refractivity contribution < 1.29 is 9.90 Å². The van der Waals surface area contributed by atoms with E-state index >= 15 is 0 Å². The zero-order chi connectivity index (χ0) is 16.3. The fourth-order valence-corrected chi connectivity index (χ4v) is 2.91. The summed E-state index contributed by atoms with van der Waals surface area (Å²) in [5, 5.41) is 11.8. The zero-order valence-corrected chi connectivity index (χ0v) is 13.1. The maximum atomic E-state index is 13.1. The Hall–Kier alpha value is -2.42. The maximum Gasteiger partial charge on any atom is 0.203 e. The molecule has 0 fully saturated rings. The molecule has 0 spiro atoms. The molecule has 0 heterocycles. The standard InChI is InChI=1S/C20H15ClO2/c21-18-14-8-7-13-17(18)20(23,16-11-5-2-6-12-16)19(22)15-9-3-1-4-10-15/h1-14,23H. The van der Waals surface area contributed by atoms with Gasteiger partial charge in [0.2, 0.25) is 5.78 Å². The van der Waals surface area contributed by atoms with Crippen LogP contribution in [0.25, 0.3) is 0 Å². The van der Waals surface area contributed by atoms with Crippen LogP contribution in [0, 0.1) is 0 Å². The van der Waals surface area contributed by atoms with Gasteiger partial charge in [-0.2, -0.15) is 0 Å². The van der Waals surface area contributed by atoms with Gasteiger partial charge in [0.15, 0.2) is 5.60 Å². The summed E-state index contributed by atoms with van der Waals surface area (Å²) in [6, 6.07) is 24.5. The van der Waals surface area contributed by atoms with Crippen molar-refractivity contribution in [2.75, 3.05) is 0 Å². The van der Waals surface area contributed by atoms with Gasteiger partial charge in [0.1, 0.15) is 0 Å². The summed E-state index contributed by atoms with van der Waals surface area (Å²) in [6.45, 7) is 0. The molecule has 1 unspecified atom stereocenters. The number of ketones is 1. The van der Waals surface area contributed by atoms with Crippen molar-refractivity contribution in [1.29, 1.82) is 0 Å². The van der Waals surface area contributed by atoms with E-state index in [1.165, 1.54) is 0 Å². The minimum atomic E-state index is -1.83. The Kier molecular flexibility index (Phi) is 4.28. The van der Waals surface area contributed by atoms with Gasteiger partial charge in [0, 0.05) is 16.1 Å². The molecular weight excluding hydrogens is 308 g/mol. The van der Waals surface area contributed by atoms with E-state index in [9.17, 15) is 9.90 Å². The topological polar surface area (TPSA) is 37.3 Å². The Morgan fingerprint density at radius 3 is 1.91 bits per heavy atom. The van der Waals surface area contributed by atoms with Gasteiger partial charge in [-0.25, -0.2) is 0 Å². The Labute approximate surface area is 140 Å². The number of rotatable bonds is 4. The summed E-state index contributed by atoms with van der Waals surface area (Å²) in [5.74, 6) is -0.405. The van der Waals surface area contributed by atoms with Gasteiger partial charge in [-0.15, -0.1) is 0 Å². The lowest BCUT2D eigenvalue weighted by Gasteiger charge is -2.28. The highest BCUT2D eigenvalue weighted by atomic mass is 35.5. The van der Waals surface area contributed by atoms with Gasteiger partial charge in [-0.3, -0.25) is 4.79 Å². The van der Waals surface area contributed by atoms with Gasteiger partial charge >= 0.3 is 0 Å². The lowest BCUT2D eigenvalue weighted by atomic mass is 9.80. The third kappa shape index (κ3) is 2.79. The number of carbonyl (C=O) groups is 1. The maximum absolute atomic E-state index is 13.1. The van der Waals surface area contributed by atoms with Crippen molar-refractivity contribution in [1.82, 2.24) is 0 Å². The van der Waals surface area contributed by atoms with Crippen LogP contribution in [-0.2, 0) is 5.60 Å². The third-order valence-corrected chi connectivity index (χ3v) is 4.15. The molecule has 0 saturated heterocycles. The van der Waals surface area contributed by atoms with Crippen LogP contribution in [-0.4, -0.2) is 10.9 Å². The lowest BCUT2D eigenvalue weighted by molar-refractivity contribution is 0.0488. The molecule has 114 valence electrons. The SMILES string of the molecule is O=C(c1ccccc1)C(O)(c1ccccc1)c1ccccc1Cl. The number of benzene rings is 3. The van der Waals surface area contributed by atoms with Gasteiger partial charge in [0.25, 0.3) is 0 Å². The molecule has 0 bridgehead atoms. The highest BCUT2D eigenvalue weighted by molar-refractivity contribution is 6.32. The van der Waals surface area contributed by atoms with Gasteiger partial charge in [0.05, 0.1) is 0 Å². The molecule has 2 nitrogen and oxygen atoms in total. The van der Waals surface area contributed by atoms with E-state index in [1.54, 1.807) is 72.8 Å². The molecule has 0 aliphatic rings. The number of carbonyl (C=O) groups excluding carboxylic acids is 1. The molecular formula is C20H15ClO2. The number of Topliss-reactive ketones (excluding diaryl/α,β-unsaturated/α-hetero) is 1. The average Bonchev–Trinajstić information content (AvgIpc) is 2.62. The fourth-order valence-electron chi connectivity index (χ4n) is 2.64. The molecule has 3 rings (SSSR count). The molecule has 3 heteroatoms. The predicted octanol–water partition coefficient (Wildman–Crippen LogP) is 4.46. The van der Waals surface area contributed by atoms with E-state index in [4.69, 9.17) is 11.6 Å². The quantitative estimate of drug-likeness (QED) is 0.720. The summed E-state index contributed by atoms with van der Waals surface area (Å²) in [6.07, 6.45) is 0. The van der Waals surface area contributed by atoms with Crippen LogP contribution < -0.4 is 0 Å². The predicted molar refractivity (Wildman–Crippen MR) is 91.7 cm³/mol. The number of halogens is 1. The highest BCUT2D eigenvalue weighted by Gasteiger charge is 2.41. The second-order valence-electron chi connectivity index (χ2n) is 5.25. The second-order valence-corrected chi connectivity index (χ2v) is 5.66. The van der Waals surface area contributed by atoms with Crippen LogP contribution in [0.1, 0.15) is 21.5 Å². The first-order valence-corrected chi connectivity index (χ1v) is 7.64. The number of hydrogen-bond acceptors (Lipinski definition) is 2. The summed E-state index contributed by atoms with van der Waals surface area (Å²) in [4.78, 5) is 13.1. The molecule has 3 aromatic rings. The van der Waals surface area contributed by atoms with Crippen molar-refractivity contribution >= 4 is 17.4 Å². The number of aliphatic hydroxyl groups is 1. The lowest BCUT2D eigenvalue weighted by Crippen LogP contribution is -2.37. The molecule has 0 aliphatic heterocycles. The fraction of sp³-hybridized carbons (Fsp3) is 0.0500. The van der Waals surface area contributed by atoms with E-state index < -0.39 is 11.4 Å². The van der Waals surface area contributed by atoms with E-state index in [0.717, 1.165) is 0 Å². The molecule has 1 N–H and O–H groups in total. The van der Waals surface area contributed by atoms with Crippen molar-refractivity contribution in [3.8, 4) is 0 Å². The van der Waals surface area contributed by atoms with Crippen LogP contribution in [0.15, 0.2) is 84.9 Å². The van der Waals surface area contributed by atoms with Crippen molar-refractivity contribution in [2.24, 2.45) is 0 Å². The van der Waals surface area contributed by atoms with Crippen LogP contribution in [0.2, 0.25) is 5.02 Å². The summed E-state index contributed by atoms with van der Waals surface area (Å²) in [5.41, 5.74) is -0.538. The molecule has 1 atom stereocenters. The zero-order valence-electron chi connectivity index (χ0n) is 12.3. The summed E-state index contributed by atoms with van der Waals surface area (Å²) >= 11 is 6.28. The smallest absolute Gasteiger partial charge is 0.203 e. The van der Waals surface area contributed by atoms with Gasteiger partial charge < -0.3 is 5.11 Å². The van der Waals surface area contributed by atoms with Crippen molar-refractivity contribution in [3.63, 3.8) is 0 Å². The van der Waals surface area contributed by atoms with Crippen LogP contribution in [0.5, 0.6) is 0 Å². The molecule has 0 radical (unpaired) electrons. The highest BCUT2D eigenvalue weighted by Crippen LogP contribution is 2.37. The molecule has 0 amide bonds. The van der Waals surface area contributed by atoms with Crippen molar-refractivity contribution in [3.05, 3.63) is 107 Å². The Morgan fingerprint density at radius 1 is 0.783 bits per heavy atom. The average molecular weight is 323 g/mol. The van der Waals surface area contributed by atoms with Crippen LogP contribution in [0.3, 0.4) is 0 Å². The van der Waals surface area contributed by atoms with Gasteiger partial charge in [-0.1, -0.05) is 90.5 Å². The van der Waals surface area contributed by atoms with E-state index in [0.29, 0.717) is 21.7 Å². The van der Waals surface area contributed by atoms with Crippen LogP contribution >= 0.6 is 11.6 Å². The Balaban J connectivity index is 2.23. The van der Waals surface area contributed by atoms with Gasteiger partial charge in [-0.05, 0) is 11.6 Å². The largest absolute Gasteiger partial charge is 0.373 e. The minimum absolute atomic E-state index is 0.350. The molecule has 0 aliphatic carbocycles. The van der Waals surface area contributed by atoms with Crippen LogP contribution in [0.4, 0.5) is 0 Å². The summed E-state index contributed by atoms with van der Waals surface area (Å²) < 4.78 is 0. The normalized spacial score (nSPS) is 13.3. The third-order valence-electron chi connectivity index (χ3n) is 3.82.